The number of nitrogens with zero attached hydrogens (tertiary/aromatic N) is 2. The molecule has 7 nitrogen and oxygen atoms in total. The molecule has 1 amide bonds. The van der Waals surface area contributed by atoms with E-state index in [4.69, 9.17) is 0 Å². The summed E-state index contributed by atoms with van der Waals surface area (Å²) >= 11 is 0. The molecule has 1 N–H and O–H groups in total. The van der Waals surface area contributed by atoms with Crippen LogP contribution in [0.1, 0.15) is 22.7 Å². The fourth-order valence-corrected chi connectivity index (χ4v) is 3.67. The molecule has 31 heavy (non-hydrogen) atoms. The van der Waals surface area contributed by atoms with Gasteiger partial charge in [0.25, 0.3) is 17.4 Å². The quantitative estimate of drug-likeness (QED) is 0.222. The van der Waals surface area contributed by atoms with Crippen molar-refractivity contribution in [3.8, 4) is 0 Å². The number of aliphatic hydroxyl groups is 1. The Labute approximate surface area is 178 Å². The Morgan fingerprint density at radius 2 is 1.65 bits per heavy atom. The minimum absolute atomic E-state index is 0.0634. The molecule has 1 aliphatic rings. The molecule has 1 unspecified atom stereocenters. The van der Waals surface area contributed by atoms with Crippen LogP contribution in [0, 0.1) is 17.0 Å². The Morgan fingerprint density at radius 3 is 2.29 bits per heavy atom. The maximum Gasteiger partial charge on any atom is 0.300 e. The van der Waals surface area contributed by atoms with Gasteiger partial charge in [-0.2, -0.15) is 0 Å². The number of anilines is 1. The van der Waals surface area contributed by atoms with Gasteiger partial charge in [0.1, 0.15) is 5.76 Å². The van der Waals surface area contributed by atoms with Crippen LogP contribution in [0.5, 0.6) is 0 Å². The van der Waals surface area contributed by atoms with E-state index in [1.54, 1.807) is 42.5 Å². The predicted octanol–water partition coefficient (Wildman–Crippen LogP) is 4.53. The van der Waals surface area contributed by atoms with Crippen molar-refractivity contribution < 1.29 is 19.6 Å². The van der Waals surface area contributed by atoms with E-state index in [-0.39, 0.29) is 22.7 Å². The summed E-state index contributed by atoms with van der Waals surface area (Å²) < 4.78 is 0. The number of amides is 1. The average molecular weight is 414 g/mol. The smallest absolute Gasteiger partial charge is 0.300 e. The number of benzene rings is 3. The van der Waals surface area contributed by atoms with Gasteiger partial charge in [0.15, 0.2) is 0 Å². The van der Waals surface area contributed by atoms with Crippen molar-refractivity contribution in [1.29, 1.82) is 0 Å². The summed E-state index contributed by atoms with van der Waals surface area (Å²) in [7, 11) is 0. The number of hydrogen-bond donors (Lipinski definition) is 1. The molecule has 0 spiro atoms. The number of carbonyl (C=O) groups is 2. The highest BCUT2D eigenvalue weighted by atomic mass is 16.6. The highest BCUT2D eigenvalue weighted by Gasteiger charge is 2.47. The van der Waals surface area contributed by atoms with Crippen molar-refractivity contribution in [3.05, 3.63) is 111 Å². The lowest BCUT2D eigenvalue weighted by Crippen LogP contribution is -2.29. The van der Waals surface area contributed by atoms with E-state index < -0.39 is 22.7 Å². The maximum atomic E-state index is 13.0. The van der Waals surface area contributed by atoms with E-state index in [1.807, 2.05) is 19.1 Å². The maximum absolute atomic E-state index is 13.0. The third-order valence-electron chi connectivity index (χ3n) is 5.20. The Bertz CT molecular complexity index is 1220. The molecule has 1 atom stereocenters. The molecule has 0 radical (unpaired) electrons. The number of Topliss-reactive ketones (excluding diaryl/α,β-unsaturated/α-hetero) is 1. The van der Waals surface area contributed by atoms with Crippen LogP contribution in [0.2, 0.25) is 0 Å². The van der Waals surface area contributed by atoms with Crippen molar-refractivity contribution in [1.82, 2.24) is 0 Å². The zero-order chi connectivity index (χ0) is 22.1. The standard InChI is InChI=1S/C24H18N2O5/c1-15-10-12-16(13-11-15)21-20(22(27)17-6-3-2-4-7-17)23(28)24(29)25(21)18-8-5-9-19(14-18)26(30)31/h2-14,21,27H,1H3. The molecule has 0 bridgehead atoms. The number of non-ortho nitro benzene ring substituents is 1. The molecular formula is C24H18N2O5. The number of nitro groups is 1. The minimum atomic E-state index is -0.928. The first-order chi connectivity index (χ1) is 14.9. The fourth-order valence-electron chi connectivity index (χ4n) is 3.67. The Hall–Kier alpha value is -4.26. The zero-order valence-electron chi connectivity index (χ0n) is 16.6. The summed E-state index contributed by atoms with van der Waals surface area (Å²) in [6.07, 6.45) is 0. The van der Waals surface area contributed by atoms with Gasteiger partial charge in [-0.3, -0.25) is 24.6 Å². The largest absolute Gasteiger partial charge is 0.507 e. The third kappa shape index (κ3) is 3.57. The van der Waals surface area contributed by atoms with Crippen LogP contribution in [-0.4, -0.2) is 21.7 Å². The van der Waals surface area contributed by atoms with Crippen LogP contribution in [0.4, 0.5) is 11.4 Å². The van der Waals surface area contributed by atoms with Gasteiger partial charge in [-0.05, 0) is 18.6 Å². The van der Waals surface area contributed by atoms with Crippen LogP contribution in [-0.2, 0) is 9.59 Å². The summed E-state index contributed by atoms with van der Waals surface area (Å²) in [5.41, 5.74) is 1.93. The second kappa shape index (κ2) is 7.87. The van der Waals surface area contributed by atoms with Crippen molar-refractivity contribution >= 4 is 28.8 Å². The topological polar surface area (TPSA) is 101 Å². The van der Waals surface area contributed by atoms with Gasteiger partial charge in [-0.25, -0.2) is 0 Å². The Kier molecular flexibility index (Phi) is 5.09. The molecule has 1 heterocycles. The predicted molar refractivity (Wildman–Crippen MR) is 116 cm³/mol. The normalized spacial score (nSPS) is 17.7. The number of hydrogen-bond acceptors (Lipinski definition) is 5. The number of aliphatic hydroxyl groups excluding tert-OH is 1. The van der Waals surface area contributed by atoms with Crippen molar-refractivity contribution in [2.24, 2.45) is 0 Å². The molecule has 3 aromatic carbocycles. The van der Waals surface area contributed by atoms with E-state index >= 15 is 0 Å². The van der Waals surface area contributed by atoms with Gasteiger partial charge in [0, 0.05) is 17.7 Å². The number of ketones is 1. The van der Waals surface area contributed by atoms with Gasteiger partial charge in [-0.15, -0.1) is 0 Å². The molecule has 0 aromatic heterocycles. The number of carbonyl (C=O) groups excluding carboxylic acids is 2. The number of aryl methyl sites for hydroxylation is 1. The minimum Gasteiger partial charge on any atom is -0.507 e. The van der Waals surface area contributed by atoms with Crippen LogP contribution >= 0.6 is 0 Å². The molecule has 154 valence electrons. The highest BCUT2D eigenvalue weighted by Crippen LogP contribution is 2.42. The highest BCUT2D eigenvalue weighted by molar-refractivity contribution is 6.51. The molecule has 3 aromatic rings. The van der Waals surface area contributed by atoms with Crippen LogP contribution in [0.15, 0.2) is 84.4 Å². The van der Waals surface area contributed by atoms with Crippen molar-refractivity contribution in [2.45, 2.75) is 13.0 Å². The summed E-state index contributed by atoms with van der Waals surface area (Å²) in [6, 6.07) is 20.3. The number of nitro benzene ring substituents is 1. The van der Waals surface area contributed by atoms with Crippen molar-refractivity contribution in [3.63, 3.8) is 0 Å². The van der Waals surface area contributed by atoms with E-state index in [1.165, 1.54) is 29.2 Å². The van der Waals surface area contributed by atoms with Gasteiger partial charge >= 0.3 is 0 Å². The van der Waals surface area contributed by atoms with E-state index in [0.717, 1.165) is 5.56 Å². The van der Waals surface area contributed by atoms with Gasteiger partial charge in [0.2, 0.25) is 0 Å². The summed E-state index contributed by atoms with van der Waals surface area (Å²) in [5.74, 6) is -2.00. The van der Waals surface area contributed by atoms with E-state index in [2.05, 4.69) is 0 Å². The molecule has 1 saturated heterocycles. The lowest BCUT2D eigenvalue weighted by atomic mass is 9.94. The van der Waals surface area contributed by atoms with Crippen LogP contribution in [0.25, 0.3) is 5.76 Å². The molecule has 4 rings (SSSR count). The number of rotatable bonds is 4. The molecular weight excluding hydrogens is 396 g/mol. The Morgan fingerprint density at radius 1 is 0.968 bits per heavy atom. The second-order valence-electron chi connectivity index (χ2n) is 7.22. The van der Waals surface area contributed by atoms with E-state index in [0.29, 0.717) is 11.1 Å². The SMILES string of the molecule is Cc1ccc(C2C(=C(O)c3ccccc3)C(=O)C(=O)N2c2cccc([N+](=O)[O-])c2)cc1. The third-order valence-corrected chi connectivity index (χ3v) is 5.20. The fraction of sp³-hybridized carbons (Fsp3) is 0.0833. The van der Waals surface area contributed by atoms with Gasteiger partial charge in [-0.1, -0.05) is 66.2 Å². The lowest BCUT2D eigenvalue weighted by molar-refractivity contribution is -0.384. The molecule has 1 aliphatic heterocycles. The second-order valence-corrected chi connectivity index (χ2v) is 7.22. The zero-order valence-corrected chi connectivity index (χ0v) is 16.6. The average Bonchev–Trinajstić information content (AvgIpc) is 3.05. The lowest BCUT2D eigenvalue weighted by Gasteiger charge is -2.25. The molecule has 7 heteroatoms. The summed E-state index contributed by atoms with van der Waals surface area (Å²) in [4.78, 5) is 38.0. The first-order valence-corrected chi connectivity index (χ1v) is 9.56. The Balaban J connectivity index is 1.95. The molecule has 0 saturated carbocycles. The molecule has 0 aliphatic carbocycles. The monoisotopic (exact) mass is 414 g/mol. The van der Waals surface area contributed by atoms with Gasteiger partial charge < -0.3 is 5.11 Å². The molecule has 1 fully saturated rings. The summed E-state index contributed by atoms with van der Waals surface area (Å²) in [5, 5.41) is 22.2. The van der Waals surface area contributed by atoms with Crippen LogP contribution in [0.3, 0.4) is 0 Å². The summed E-state index contributed by atoms with van der Waals surface area (Å²) in [6.45, 7) is 1.91. The van der Waals surface area contributed by atoms with Crippen LogP contribution < -0.4 is 4.90 Å². The first kappa shape index (κ1) is 20.0. The van der Waals surface area contributed by atoms with E-state index in [9.17, 15) is 24.8 Å². The first-order valence-electron chi connectivity index (χ1n) is 9.56. The van der Waals surface area contributed by atoms with Gasteiger partial charge in [0.05, 0.1) is 22.2 Å². The van der Waals surface area contributed by atoms with Crippen molar-refractivity contribution in [2.75, 3.05) is 4.90 Å².